The summed E-state index contributed by atoms with van der Waals surface area (Å²) in [5, 5.41) is 1.08. The maximum absolute atomic E-state index is 13.2. The molecule has 3 heterocycles. The van der Waals surface area contributed by atoms with Gasteiger partial charge >= 0.3 is 0 Å². The average molecular weight is 366 g/mol. The van der Waals surface area contributed by atoms with Gasteiger partial charge in [-0.3, -0.25) is 4.79 Å². The molecule has 0 radical (unpaired) electrons. The van der Waals surface area contributed by atoms with Gasteiger partial charge in [-0.15, -0.1) is 11.3 Å². The van der Waals surface area contributed by atoms with Gasteiger partial charge in [0.1, 0.15) is 4.83 Å². The molecule has 2 aromatic heterocycles. The highest BCUT2D eigenvalue weighted by Gasteiger charge is 2.29. The molecular weight excluding hydrogens is 344 g/mol. The van der Waals surface area contributed by atoms with Crippen molar-refractivity contribution in [2.24, 2.45) is 0 Å². The molecule has 1 aromatic carbocycles. The summed E-state index contributed by atoms with van der Waals surface area (Å²) < 4.78 is 5.66. The first-order valence-electron chi connectivity index (χ1n) is 8.92. The third-order valence-electron chi connectivity index (χ3n) is 4.85. The van der Waals surface area contributed by atoms with Gasteiger partial charge in [0.25, 0.3) is 5.91 Å². The third-order valence-corrected chi connectivity index (χ3v) is 5.87. The van der Waals surface area contributed by atoms with Gasteiger partial charge in [0.05, 0.1) is 24.1 Å². The second-order valence-corrected chi connectivity index (χ2v) is 7.86. The van der Waals surface area contributed by atoms with Crippen molar-refractivity contribution in [1.29, 1.82) is 0 Å². The molecule has 0 spiro atoms. The normalized spacial score (nSPS) is 17.6. The Balaban J connectivity index is 1.62. The number of morpholine rings is 1. The first-order valence-corrected chi connectivity index (χ1v) is 9.74. The van der Waals surface area contributed by atoms with Crippen molar-refractivity contribution in [1.82, 2.24) is 9.88 Å². The summed E-state index contributed by atoms with van der Waals surface area (Å²) in [4.78, 5) is 21.5. The lowest BCUT2D eigenvalue weighted by atomic mass is 10.0. The van der Waals surface area contributed by atoms with Gasteiger partial charge in [-0.1, -0.05) is 30.3 Å². The molecule has 1 fully saturated rings. The number of benzene rings is 1. The Morgan fingerprint density at radius 3 is 2.88 bits per heavy atom. The van der Waals surface area contributed by atoms with Gasteiger partial charge < -0.3 is 9.64 Å². The Hall–Kier alpha value is -2.24. The second kappa shape index (κ2) is 7.17. The molecule has 4 rings (SSSR count). The van der Waals surface area contributed by atoms with E-state index in [2.05, 4.69) is 30.1 Å². The van der Waals surface area contributed by atoms with Gasteiger partial charge in [0, 0.05) is 17.6 Å². The molecule has 0 bridgehead atoms. The fraction of sp³-hybridized carbons (Fsp3) is 0.333. The van der Waals surface area contributed by atoms with Crippen molar-refractivity contribution in [3.05, 3.63) is 64.2 Å². The summed E-state index contributed by atoms with van der Waals surface area (Å²) >= 11 is 1.49. The number of fused-ring (bicyclic) bond motifs is 1. The molecule has 1 atom stereocenters. The number of aryl methyl sites for hydroxylation is 2. The van der Waals surface area contributed by atoms with E-state index in [9.17, 15) is 4.79 Å². The van der Waals surface area contributed by atoms with E-state index in [1.807, 2.05) is 36.1 Å². The Bertz CT molecular complexity index is 936. The van der Waals surface area contributed by atoms with E-state index in [-0.39, 0.29) is 11.9 Å². The predicted octanol–water partition coefficient (Wildman–Crippen LogP) is 4.00. The first kappa shape index (κ1) is 17.2. The zero-order valence-corrected chi connectivity index (χ0v) is 15.9. The average Bonchev–Trinajstić information content (AvgIpc) is 3.07. The molecule has 0 saturated carbocycles. The number of nitrogens with zero attached hydrogens (tertiary/aromatic N) is 2. The lowest BCUT2D eigenvalue weighted by molar-refractivity contribution is -0.00136. The molecule has 5 heteroatoms. The molecule has 0 aliphatic carbocycles. The molecule has 134 valence electrons. The highest BCUT2D eigenvalue weighted by molar-refractivity contribution is 7.20. The van der Waals surface area contributed by atoms with E-state index in [1.54, 1.807) is 0 Å². The number of pyridine rings is 1. The Kier molecular flexibility index (Phi) is 4.74. The van der Waals surface area contributed by atoms with Gasteiger partial charge in [0.15, 0.2) is 0 Å². The van der Waals surface area contributed by atoms with Crippen LogP contribution in [-0.4, -0.2) is 41.6 Å². The van der Waals surface area contributed by atoms with Crippen LogP contribution in [-0.2, 0) is 11.2 Å². The van der Waals surface area contributed by atoms with E-state index >= 15 is 0 Å². The van der Waals surface area contributed by atoms with Gasteiger partial charge in [-0.25, -0.2) is 4.98 Å². The molecule has 26 heavy (non-hydrogen) atoms. The fourth-order valence-corrected chi connectivity index (χ4v) is 4.66. The van der Waals surface area contributed by atoms with Crippen molar-refractivity contribution in [3.63, 3.8) is 0 Å². The topological polar surface area (TPSA) is 42.4 Å². The molecule has 4 nitrogen and oxygen atoms in total. The summed E-state index contributed by atoms with van der Waals surface area (Å²) in [6.45, 7) is 5.88. The summed E-state index contributed by atoms with van der Waals surface area (Å²) in [5.41, 5.74) is 3.39. The second-order valence-electron chi connectivity index (χ2n) is 6.83. The van der Waals surface area contributed by atoms with Crippen molar-refractivity contribution >= 4 is 27.5 Å². The molecule has 0 N–H and O–H groups in total. The van der Waals surface area contributed by atoms with Crippen molar-refractivity contribution in [2.45, 2.75) is 26.3 Å². The van der Waals surface area contributed by atoms with Crippen LogP contribution in [0.4, 0.5) is 0 Å². The number of thiophene rings is 1. The standard InChI is InChI=1S/C21H22N2O2S/c1-14-10-15(2)22-20-18(14)12-19(26-20)21(24)23-8-9-25-13-17(23)11-16-6-4-3-5-7-16/h3-7,10,12,17H,8-9,11,13H2,1-2H3. The smallest absolute Gasteiger partial charge is 0.264 e. The van der Waals surface area contributed by atoms with Crippen LogP contribution in [0.1, 0.15) is 26.5 Å². The molecule has 1 aliphatic rings. The van der Waals surface area contributed by atoms with Crippen LogP contribution in [0.2, 0.25) is 0 Å². The zero-order valence-electron chi connectivity index (χ0n) is 15.1. The lowest BCUT2D eigenvalue weighted by Crippen LogP contribution is -2.49. The minimum atomic E-state index is 0.0691. The van der Waals surface area contributed by atoms with E-state index in [0.717, 1.165) is 27.2 Å². The molecule has 1 saturated heterocycles. The SMILES string of the molecule is Cc1cc(C)c2cc(C(=O)N3CCOCC3Cc3ccccc3)sc2n1. The molecular formula is C21H22N2O2S. The Morgan fingerprint density at radius 1 is 1.27 bits per heavy atom. The van der Waals surface area contributed by atoms with Crippen LogP contribution in [0.15, 0.2) is 42.5 Å². The minimum Gasteiger partial charge on any atom is -0.377 e. The van der Waals surface area contributed by atoms with Crippen LogP contribution in [0.5, 0.6) is 0 Å². The number of carbonyl (C=O) groups excluding carboxylic acids is 1. The molecule has 1 aliphatic heterocycles. The van der Waals surface area contributed by atoms with Crippen LogP contribution < -0.4 is 0 Å². The molecule has 1 amide bonds. The number of carbonyl (C=O) groups is 1. The fourth-order valence-electron chi connectivity index (χ4n) is 3.55. The minimum absolute atomic E-state index is 0.0691. The zero-order chi connectivity index (χ0) is 18.1. The van der Waals surface area contributed by atoms with E-state index in [4.69, 9.17) is 4.74 Å². The van der Waals surface area contributed by atoms with Crippen LogP contribution in [0.25, 0.3) is 10.2 Å². The predicted molar refractivity (Wildman–Crippen MR) is 105 cm³/mol. The third kappa shape index (κ3) is 3.37. The van der Waals surface area contributed by atoms with Crippen molar-refractivity contribution in [2.75, 3.05) is 19.8 Å². The van der Waals surface area contributed by atoms with E-state index in [1.165, 1.54) is 22.5 Å². The number of rotatable bonds is 3. The Labute approximate surface area is 157 Å². The van der Waals surface area contributed by atoms with Crippen molar-refractivity contribution < 1.29 is 9.53 Å². The number of amides is 1. The van der Waals surface area contributed by atoms with Crippen molar-refractivity contribution in [3.8, 4) is 0 Å². The molecule has 3 aromatic rings. The largest absolute Gasteiger partial charge is 0.377 e. The Morgan fingerprint density at radius 2 is 2.08 bits per heavy atom. The van der Waals surface area contributed by atoms with E-state index in [0.29, 0.717) is 19.8 Å². The van der Waals surface area contributed by atoms with Crippen LogP contribution in [0.3, 0.4) is 0 Å². The first-order chi connectivity index (χ1) is 12.6. The maximum atomic E-state index is 13.2. The van der Waals surface area contributed by atoms with Crippen LogP contribution in [0, 0.1) is 13.8 Å². The summed E-state index contributed by atoms with van der Waals surface area (Å²) in [6, 6.07) is 14.4. The lowest BCUT2D eigenvalue weighted by Gasteiger charge is -2.35. The van der Waals surface area contributed by atoms with Gasteiger partial charge in [-0.2, -0.15) is 0 Å². The summed E-state index contributed by atoms with van der Waals surface area (Å²) in [7, 11) is 0. The monoisotopic (exact) mass is 366 g/mol. The summed E-state index contributed by atoms with van der Waals surface area (Å²) in [5.74, 6) is 0.0919. The van der Waals surface area contributed by atoms with Gasteiger partial charge in [0.2, 0.25) is 0 Å². The highest BCUT2D eigenvalue weighted by Crippen LogP contribution is 2.29. The quantitative estimate of drug-likeness (QED) is 0.704. The number of hydrogen-bond acceptors (Lipinski definition) is 4. The molecule has 1 unspecified atom stereocenters. The van der Waals surface area contributed by atoms with Gasteiger partial charge in [-0.05, 0) is 43.5 Å². The number of ether oxygens (including phenoxy) is 1. The highest BCUT2D eigenvalue weighted by atomic mass is 32.1. The number of hydrogen-bond donors (Lipinski definition) is 0. The summed E-state index contributed by atoms with van der Waals surface area (Å²) in [6.07, 6.45) is 0.813. The van der Waals surface area contributed by atoms with Crippen LogP contribution >= 0.6 is 11.3 Å². The number of aromatic nitrogens is 1. The van der Waals surface area contributed by atoms with E-state index < -0.39 is 0 Å². The maximum Gasteiger partial charge on any atom is 0.264 e.